The Balaban J connectivity index is 1.40. The van der Waals surface area contributed by atoms with E-state index in [0.717, 1.165) is 35.9 Å². The Morgan fingerprint density at radius 1 is 1.24 bits per heavy atom. The highest BCUT2D eigenvalue weighted by molar-refractivity contribution is 6.42. The first-order valence-electron chi connectivity index (χ1n) is 12.3. The van der Waals surface area contributed by atoms with Crippen molar-refractivity contribution in [3.63, 3.8) is 0 Å². The summed E-state index contributed by atoms with van der Waals surface area (Å²) in [5.74, 6) is 6.34. The number of methoxy groups -OCH3 is 1. The molecule has 1 aliphatic heterocycles. The van der Waals surface area contributed by atoms with Crippen molar-refractivity contribution in [2.24, 2.45) is 11.8 Å². The number of aliphatic hydroxyl groups is 1. The number of carboxylic acids is 1. The van der Waals surface area contributed by atoms with E-state index in [0.29, 0.717) is 40.9 Å². The van der Waals surface area contributed by atoms with Gasteiger partial charge in [0.1, 0.15) is 5.75 Å². The minimum atomic E-state index is -0.804. The molecule has 2 aromatic carbocycles. The number of aromatic nitrogens is 1. The first-order valence-corrected chi connectivity index (χ1v) is 13.1. The zero-order chi connectivity index (χ0) is 26.4. The Bertz CT molecular complexity index is 1320. The number of fused-ring (bicyclic) bond motifs is 1. The fourth-order valence-electron chi connectivity index (χ4n) is 5.07. The first kappa shape index (κ1) is 27.2. The van der Waals surface area contributed by atoms with Crippen molar-refractivity contribution >= 4 is 40.1 Å². The van der Waals surface area contributed by atoms with Gasteiger partial charge in [-0.1, -0.05) is 41.1 Å². The zero-order valence-corrected chi connectivity index (χ0v) is 22.2. The summed E-state index contributed by atoms with van der Waals surface area (Å²) in [6, 6.07) is 12.8. The van der Waals surface area contributed by atoms with E-state index in [4.69, 9.17) is 27.9 Å². The van der Waals surface area contributed by atoms with Gasteiger partial charge in [-0.15, -0.1) is 0 Å². The molecule has 0 saturated carbocycles. The fourth-order valence-corrected chi connectivity index (χ4v) is 5.42. The van der Waals surface area contributed by atoms with Gasteiger partial charge in [-0.25, -0.2) is 0 Å². The Kier molecular flexibility index (Phi) is 9.28. The molecular weight excluding hydrogens is 511 g/mol. The van der Waals surface area contributed by atoms with Gasteiger partial charge in [0, 0.05) is 30.1 Å². The number of aliphatic carboxylic acids is 1. The summed E-state index contributed by atoms with van der Waals surface area (Å²) >= 11 is 12.3. The number of ether oxygens (including phenoxy) is 1. The molecule has 4 rings (SSSR count). The summed E-state index contributed by atoms with van der Waals surface area (Å²) < 4.78 is 5.35. The molecule has 1 saturated heterocycles. The number of carboxylic acid groups (broad SMARTS) is 1. The lowest BCUT2D eigenvalue weighted by molar-refractivity contribution is -0.139. The Morgan fingerprint density at radius 3 is 2.86 bits per heavy atom. The third-order valence-electron chi connectivity index (χ3n) is 7.04. The van der Waals surface area contributed by atoms with Gasteiger partial charge >= 0.3 is 5.97 Å². The fraction of sp³-hybridized carbons (Fsp3) is 0.379. The van der Waals surface area contributed by atoms with E-state index in [1.807, 2.05) is 36.4 Å². The Morgan fingerprint density at radius 2 is 2.08 bits per heavy atom. The normalized spacial score (nSPS) is 18.7. The van der Waals surface area contributed by atoms with Crippen molar-refractivity contribution < 1.29 is 19.7 Å². The summed E-state index contributed by atoms with van der Waals surface area (Å²) in [4.78, 5) is 18.2. The molecule has 1 fully saturated rings. The molecule has 194 valence electrons. The number of pyridine rings is 1. The number of nitrogens with zero attached hydrogens (tertiary/aromatic N) is 2. The van der Waals surface area contributed by atoms with Crippen molar-refractivity contribution in [1.29, 1.82) is 0 Å². The summed E-state index contributed by atoms with van der Waals surface area (Å²) in [6.07, 6.45) is 3.27. The minimum absolute atomic E-state index is 0.00992. The van der Waals surface area contributed by atoms with E-state index < -0.39 is 12.1 Å². The number of likely N-dealkylation sites (tertiary alicyclic amines) is 1. The third-order valence-corrected chi connectivity index (χ3v) is 7.86. The highest BCUT2D eigenvalue weighted by Crippen LogP contribution is 2.34. The second-order valence-corrected chi connectivity index (χ2v) is 10.2. The van der Waals surface area contributed by atoms with E-state index in [9.17, 15) is 15.0 Å². The molecule has 0 spiro atoms. The zero-order valence-electron chi connectivity index (χ0n) is 20.7. The topological polar surface area (TPSA) is 82.9 Å². The molecule has 37 heavy (non-hydrogen) atoms. The molecule has 0 amide bonds. The van der Waals surface area contributed by atoms with Crippen molar-refractivity contribution in [1.82, 2.24) is 9.88 Å². The average Bonchev–Trinajstić information content (AvgIpc) is 2.89. The molecule has 0 radical (unpaired) electrons. The molecule has 3 aromatic rings. The van der Waals surface area contributed by atoms with Gasteiger partial charge in [-0.2, -0.15) is 0 Å². The van der Waals surface area contributed by atoms with Crippen LogP contribution in [0.4, 0.5) is 0 Å². The number of aliphatic hydroxyl groups excluding tert-OH is 1. The maximum Gasteiger partial charge on any atom is 0.303 e. The summed E-state index contributed by atoms with van der Waals surface area (Å²) in [5.41, 5.74) is 2.29. The number of hydrogen-bond acceptors (Lipinski definition) is 5. The molecule has 6 nitrogen and oxygen atoms in total. The van der Waals surface area contributed by atoms with E-state index in [1.165, 1.54) is 0 Å². The van der Waals surface area contributed by atoms with Gasteiger partial charge in [0.2, 0.25) is 0 Å². The standard InChI is InChI=1S/C29H30Cl2N2O4/c1-37-22-8-9-26-24(17-22)23(11-13-32-26)27(34)10-7-19-12-15-33(18-21(19)16-28(35)36)14-3-5-20-4-2-6-25(30)29(20)31/h2,4,6,8-9,11,13,17,19,21,27,34H,7,10,12,14-16,18H2,1H3,(H,35,36)/t19-,21+,27?/m1/s1. The number of halogens is 2. The maximum absolute atomic E-state index is 11.6. The molecule has 0 bridgehead atoms. The first-order chi connectivity index (χ1) is 17.9. The van der Waals surface area contributed by atoms with Crippen LogP contribution in [0.3, 0.4) is 0 Å². The van der Waals surface area contributed by atoms with Gasteiger partial charge in [0.25, 0.3) is 0 Å². The summed E-state index contributed by atoms with van der Waals surface area (Å²) in [5, 5.41) is 22.4. The van der Waals surface area contributed by atoms with Crippen molar-refractivity contribution in [3.05, 3.63) is 69.8 Å². The van der Waals surface area contributed by atoms with E-state index in [2.05, 4.69) is 21.7 Å². The number of rotatable bonds is 8. The Labute approximate surface area is 227 Å². The number of piperidine rings is 1. The molecule has 2 N–H and O–H groups in total. The third kappa shape index (κ3) is 6.94. The molecule has 8 heteroatoms. The van der Waals surface area contributed by atoms with Crippen LogP contribution in [-0.2, 0) is 4.79 Å². The van der Waals surface area contributed by atoms with Gasteiger partial charge < -0.3 is 14.9 Å². The minimum Gasteiger partial charge on any atom is -0.497 e. The molecule has 1 unspecified atom stereocenters. The van der Waals surface area contributed by atoms with Crippen LogP contribution < -0.4 is 4.74 Å². The van der Waals surface area contributed by atoms with Crippen LogP contribution in [0.5, 0.6) is 5.75 Å². The summed E-state index contributed by atoms with van der Waals surface area (Å²) in [7, 11) is 1.61. The highest BCUT2D eigenvalue weighted by Gasteiger charge is 2.31. The van der Waals surface area contributed by atoms with Crippen LogP contribution in [0.15, 0.2) is 48.7 Å². The average molecular weight is 541 g/mol. The number of benzene rings is 2. The smallest absolute Gasteiger partial charge is 0.303 e. The van der Waals surface area contributed by atoms with Crippen molar-refractivity contribution in [3.8, 4) is 17.6 Å². The molecule has 1 aliphatic rings. The predicted molar refractivity (Wildman–Crippen MR) is 146 cm³/mol. The van der Waals surface area contributed by atoms with Crippen LogP contribution in [0.1, 0.15) is 42.9 Å². The lowest BCUT2D eigenvalue weighted by Gasteiger charge is -2.37. The number of carbonyl (C=O) groups is 1. The van der Waals surface area contributed by atoms with Crippen LogP contribution >= 0.6 is 23.2 Å². The quantitative estimate of drug-likeness (QED) is 0.350. The summed E-state index contributed by atoms with van der Waals surface area (Å²) in [6.45, 7) is 2.00. The molecular formula is C29H30Cl2N2O4. The predicted octanol–water partition coefficient (Wildman–Crippen LogP) is 5.83. The molecule has 1 aromatic heterocycles. The number of hydrogen-bond donors (Lipinski definition) is 2. The van der Waals surface area contributed by atoms with E-state index >= 15 is 0 Å². The van der Waals surface area contributed by atoms with Gasteiger partial charge in [0.15, 0.2) is 0 Å². The van der Waals surface area contributed by atoms with Gasteiger partial charge in [0.05, 0.1) is 35.3 Å². The lowest BCUT2D eigenvalue weighted by Crippen LogP contribution is -2.41. The molecule has 2 heterocycles. The molecule has 0 aliphatic carbocycles. The SMILES string of the molecule is COc1ccc2nccc(C(O)CC[C@@H]3CCN(CC#Cc4cccc(Cl)c4Cl)C[C@@H]3CC(=O)O)c2c1. The van der Waals surface area contributed by atoms with Crippen LogP contribution in [0, 0.1) is 23.7 Å². The lowest BCUT2D eigenvalue weighted by atomic mass is 9.79. The second-order valence-electron chi connectivity index (χ2n) is 9.42. The van der Waals surface area contributed by atoms with Gasteiger partial charge in [-0.3, -0.25) is 14.7 Å². The maximum atomic E-state index is 11.6. The van der Waals surface area contributed by atoms with Crippen LogP contribution in [0.25, 0.3) is 10.9 Å². The second kappa shape index (κ2) is 12.6. The van der Waals surface area contributed by atoms with E-state index in [1.54, 1.807) is 19.4 Å². The Hall–Kier alpha value is -2.82. The van der Waals surface area contributed by atoms with Crippen molar-refractivity contribution in [2.75, 3.05) is 26.7 Å². The van der Waals surface area contributed by atoms with Crippen molar-refractivity contribution in [2.45, 2.75) is 31.8 Å². The highest BCUT2D eigenvalue weighted by atomic mass is 35.5. The van der Waals surface area contributed by atoms with Gasteiger partial charge in [-0.05, 0) is 79.6 Å². The molecule has 3 atom stereocenters. The van der Waals surface area contributed by atoms with E-state index in [-0.39, 0.29) is 18.3 Å². The largest absolute Gasteiger partial charge is 0.497 e. The van der Waals surface area contributed by atoms with Crippen LogP contribution in [-0.4, -0.2) is 52.8 Å². The van der Waals surface area contributed by atoms with Crippen LogP contribution in [0.2, 0.25) is 10.0 Å². The monoisotopic (exact) mass is 540 g/mol.